The van der Waals surface area contributed by atoms with Gasteiger partial charge in [0.15, 0.2) is 0 Å². The first kappa shape index (κ1) is 58.4. The number of hydrogen-bond donors (Lipinski definition) is 1. The standard InChI is InChI=1S/C41H30N8O12S4.4Na/c1-23-18-27(44-46-40-31-15-14-30(62(50,51)52)19-26(31)10-16-34(40)42)12-17-35(23)45-43-28-11-8-24(37(20-28)63(53,54)55)6-7-25-9-13-29(21-38(25)64(56,57)58)49-47-36-22-39(65(59,60)61)32-4-2-3-5-33(32)41(36)48-49;;;;/h2-22H,42H2,1H3,(H,50,51,52)(H,53,54,55)(H,56,57,58)(H,59,60,61);;;;/q;4*+1/p-4/b7-6+,45-43?,46-44?;;;;. The van der Waals surface area contributed by atoms with Gasteiger partial charge >= 0.3 is 118 Å². The fourth-order valence-electron chi connectivity index (χ4n) is 6.76. The van der Waals surface area contributed by atoms with E-state index in [0.717, 1.165) is 41.2 Å². The van der Waals surface area contributed by atoms with Gasteiger partial charge in [0.1, 0.15) is 57.2 Å². The van der Waals surface area contributed by atoms with Gasteiger partial charge < -0.3 is 23.9 Å². The number of nitrogen functional groups attached to an aromatic ring is 1. The Balaban J connectivity index is 0.00000259. The first-order chi connectivity index (χ1) is 30.5. The Morgan fingerprint density at radius 1 is 0.536 bits per heavy atom. The van der Waals surface area contributed by atoms with Crippen LogP contribution in [-0.4, -0.2) is 66.9 Å². The van der Waals surface area contributed by atoms with E-state index in [1.807, 2.05) is 0 Å². The van der Waals surface area contributed by atoms with Crippen LogP contribution in [0.15, 0.2) is 155 Å². The smallest absolute Gasteiger partial charge is 0.744 e. The Bertz CT molecular complexity index is 3900. The van der Waals surface area contributed by atoms with Gasteiger partial charge in [0.25, 0.3) is 0 Å². The molecule has 0 aliphatic heterocycles. The summed E-state index contributed by atoms with van der Waals surface area (Å²) in [6.07, 6.45) is 2.23. The molecular weight excluding hydrogens is 1020 g/mol. The van der Waals surface area contributed by atoms with Crippen molar-refractivity contribution in [1.29, 1.82) is 0 Å². The Kier molecular flexibility index (Phi) is 19.2. The van der Waals surface area contributed by atoms with E-state index in [-0.39, 0.29) is 174 Å². The van der Waals surface area contributed by atoms with Crippen LogP contribution in [0.25, 0.3) is 50.4 Å². The van der Waals surface area contributed by atoms with Gasteiger partial charge in [-0.05, 0) is 95.7 Å². The molecule has 1 heterocycles. The number of benzene rings is 7. The van der Waals surface area contributed by atoms with E-state index in [2.05, 4.69) is 30.7 Å². The molecule has 69 heavy (non-hydrogen) atoms. The van der Waals surface area contributed by atoms with Crippen LogP contribution < -0.4 is 124 Å². The van der Waals surface area contributed by atoms with Gasteiger partial charge in [-0.15, -0.1) is 15.3 Å². The largest absolute Gasteiger partial charge is 1.00 e. The van der Waals surface area contributed by atoms with Crippen LogP contribution in [-0.2, 0) is 40.5 Å². The number of nitrogens with two attached hydrogens (primary N) is 1. The zero-order valence-electron chi connectivity index (χ0n) is 36.9. The monoisotopic (exact) mass is 1040 g/mol. The molecule has 7 aromatic carbocycles. The molecular formula is C41H26N8Na4O12S4. The average Bonchev–Trinajstić information content (AvgIpc) is 3.68. The van der Waals surface area contributed by atoms with Crippen LogP contribution in [0.3, 0.4) is 0 Å². The summed E-state index contributed by atoms with van der Waals surface area (Å²) in [4.78, 5) is -1.51. The maximum atomic E-state index is 12.5. The molecule has 2 N–H and O–H groups in total. The molecule has 0 aliphatic carbocycles. The molecule has 0 unspecified atom stereocenters. The van der Waals surface area contributed by atoms with Crippen LogP contribution in [0.4, 0.5) is 28.4 Å². The van der Waals surface area contributed by atoms with Crippen molar-refractivity contribution >= 4 is 114 Å². The Labute approximate surface area is 482 Å². The minimum absolute atomic E-state index is 0. The second-order valence-corrected chi connectivity index (χ2v) is 19.6. The van der Waals surface area contributed by atoms with Gasteiger partial charge in [-0.25, -0.2) is 33.7 Å². The summed E-state index contributed by atoms with van der Waals surface area (Å²) in [6.45, 7) is 1.68. The summed E-state index contributed by atoms with van der Waals surface area (Å²) < 4.78 is 145. The summed E-state index contributed by atoms with van der Waals surface area (Å²) in [5.41, 5.74) is 7.55. The van der Waals surface area contributed by atoms with E-state index in [9.17, 15) is 51.9 Å². The number of hydrogen-bond acceptors (Lipinski definition) is 19. The van der Waals surface area contributed by atoms with Crippen molar-refractivity contribution in [2.45, 2.75) is 26.5 Å². The molecule has 0 amide bonds. The van der Waals surface area contributed by atoms with Crippen molar-refractivity contribution in [3.63, 3.8) is 0 Å². The second-order valence-electron chi connectivity index (χ2n) is 14.1. The van der Waals surface area contributed by atoms with Crippen LogP contribution >= 0.6 is 0 Å². The number of aryl methyl sites for hydroxylation is 1. The summed E-state index contributed by atoms with van der Waals surface area (Å²) in [5, 5.41) is 26.5. The van der Waals surface area contributed by atoms with Gasteiger partial charge in [-0.2, -0.15) is 20.1 Å². The topological polar surface area (TPSA) is 335 Å². The normalized spacial score (nSPS) is 12.3. The predicted octanol–water partition coefficient (Wildman–Crippen LogP) is -4.75. The maximum Gasteiger partial charge on any atom is 1.00 e. The van der Waals surface area contributed by atoms with Gasteiger partial charge in [-0.1, -0.05) is 60.7 Å². The van der Waals surface area contributed by atoms with Gasteiger partial charge in [0.05, 0.1) is 48.0 Å². The van der Waals surface area contributed by atoms with Crippen LogP contribution in [0, 0.1) is 6.92 Å². The van der Waals surface area contributed by atoms with Gasteiger partial charge in [-0.3, -0.25) is 0 Å². The van der Waals surface area contributed by atoms with Crippen molar-refractivity contribution < 1.29 is 170 Å². The van der Waals surface area contributed by atoms with Crippen molar-refractivity contribution in [3.8, 4) is 5.69 Å². The van der Waals surface area contributed by atoms with Crippen LogP contribution in [0.5, 0.6) is 0 Å². The molecule has 0 saturated carbocycles. The third-order valence-electron chi connectivity index (χ3n) is 9.83. The van der Waals surface area contributed by atoms with Gasteiger partial charge in [0, 0.05) is 16.2 Å². The molecule has 0 aliphatic rings. The number of aromatic nitrogens is 3. The number of anilines is 1. The molecule has 330 valence electrons. The quantitative estimate of drug-likeness (QED) is 0.0418. The van der Waals surface area contributed by atoms with Crippen molar-refractivity contribution in [2.24, 2.45) is 20.5 Å². The maximum absolute atomic E-state index is 12.5. The SMILES string of the molecule is Cc1cc(N=Nc2c(N)ccc3cc(S(=O)(=O)[O-])ccc23)ccc1N=Nc1ccc(/C=C/c2ccc(-n3nc4cc(S(=O)(=O)[O-])c5ccccc5c4n3)cc2S(=O)(=O)[O-])c(S(=O)(=O)[O-])c1.[Na+].[Na+].[Na+].[Na+]. The minimum Gasteiger partial charge on any atom is -0.744 e. The van der Waals surface area contributed by atoms with E-state index < -0.39 is 60.1 Å². The Morgan fingerprint density at radius 3 is 1.74 bits per heavy atom. The Hall–Kier alpha value is -3.16. The number of rotatable bonds is 11. The van der Waals surface area contributed by atoms with E-state index in [1.54, 1.807) is 37.3 Å². The molecule has 20 nitrogen and oxygen atoms in total. The minimum atomic E-state index is -5.22. The molecule has 8 rings (SSSR count). The third-order valence-corrected chi connectivity index (χ3v) is 13.3. The molecule has 0 fully saturated rings. The molecule has 8 aromatic rings. The van der Waals surface area contributed by atoms with Gasteiger partial charge in [0.2, 0.25) is 0 Å². The first-order valence-electron chi connectivity index (χ1n) is 18.4. The average molecular weight is 1040 g/mol. The summed E-state index contributed by atoms with van der Waals surface area (Å²) >= 11 is 0. The van der Waals surface area contributed by atoms with E-state index in [4.69, 9.17) is 5.73 Å². The van der Waals surface area contributed by atoms with Crippen LogP contribution in [0.1, 0.15) is 16.7 Å². The molecule has 0 bridgehead atoms. The molecule has 0 radical (unpaired) electrons. The summed E-state index contributed by atoms with van der Waals surface area (Å²) in [5.74, 6) is 0. The number of azo groups is 2. The molecule has 0 atom stereocenters. The molecule has 0 saturated heterocycles. The summed E-state index contributed by atoms with van der Waals surface area (Å²) in [7, 11) is -20.0. The van der Waals surface area contributed by atoms with E-state index in [1.165, 1.54) is 60.7 Å². The fraction of sp³-hybridized carbons (Fsp3) is 0.0244. The van der Waals surface area contributed by atoms with Crippen molar-refractivity contribution in [3.05, 3.63) is 132 Å². The second kappa shape index (κ2) is 22.7. The molecule has 28 heteroatoms. The van der Waals surface area contributed by atoms with E-state index in [0.29, 0.717) is 27.7 Å². The van der Waals surface area contributed by atoms with Crippen molar-refractivity contribution in [1.82, 2.24) is 15.0 Å². The number of nitrogens with zero attached hydrogens (tertiary/aromatic N) is 7. The molecule has 1 aromatic heterocycles. The first-order valence-corrected chi connectivity index (χ1v) is 24.0. The zero-order chi connectivity index (χ0) is 46.6. The number of fused-ring (bicyclic) bond motifs is 4. The molecule has 0 spiro atoms. The fourth-order valence-corrected chi connectivity index (χ4v) is 9.35. The predicted molar refractivity (Wildman–Crippen MR) is 231 cm³/mol. The van der Waals surface area contributed by atoms with Crippen molar-refractivity contribution in [2.75, 3.05) is 5.73 Å². The summed E-state index contributed by atoms with van der Waals surface area (Å²) in [6, 6.07) is 25.6. The third kappa shape index (κ3) is 13.1. The van der Waals surface area contributed by atoms with Crippen LogP contribution in [0.2, 0.25) is 0 Å². The Morgan fingerprint density at radius 2 is 1.12 bits per heavy atom. The zero-order valence-corrected chi connectivity index (χ0v) is 48.1. The van der Waals surface area contributed by atoms with E-state index >= 15 is 0 Å².